The van der Waals surface area contributed by atoms with E-state index in [1.807, 2.05) is 57.2 Å². The zero-order chi connectivity index (χ0) is 29.5. The molecule has 3 aromatic rings. The first kappa shape index (κ1) is 29.8. The summed E-state index contributed by atoms with van der Waals surface area (Å²) in [5.74, 6) is -0.783. The molecule has 0 atom stereocenters. The van der Waals surface area contributed by atoms with Crippen LogP contribution in [0, 0.1) is 13.8 Å². The van der Waals surface area contributed by atoms with Crippen molar-refractivity contribution in [1.82, 2.24) is 10.3 Å². The Morgan fingerprint density at radius 2 is 1.83 bits per heavy atom. The third-order valence-electron chi connectivity index (χ3n) is 7.76. The first-order valence-electron chi connectivity index (χ1n) is 14.3. The predicted molar refractivity (Wildman–Crippen MR) is 165 cm³/mol. The van der Waals surface area contributed by atoms with E-state index in [0.29, 0.717) is 36.4 Å². The topological polar surface area (TPSA) is 104 Å². The predicted octanol–water partition coefficient (Wildman–Crippen LogP) is 5.28. The van der Waals surface area contributed by atoms with Crippen molar-refractivity contribution in [2.75, 3.05) is 30.0 Å². The number of ether oxygens (including phenoxy) is 1. The Morgan fingerprint density at radius 3 is 2.46 bits per heavy atom. The molecule has 41 heavy (non-hydrogen) atoms. The lowest BCUT2D eigenvalue weighted by molar-refractivity contribution is -0.111. The van der Waals surface area contributed by atoms with Crippen LogP contribution in [0.1, 0.15) is 59.4 Å². The molecule has 216 valence electrons. The van der Waals surface area contributed by atoms with Crippen LogP contribution >= 0.6 is 0 Å². The lowest BCUT2D eigenvalue weighted by atomic mass is 9.92. The van der Waals surface area contributed by atoms with Gasteiger partial charge < -0.3 is 25.3 Å². The Hall–Kier alpha value is -4.17. The van der Waals surface area contributed by atoms with Gasteiger partial charge in [-0.3, -0.25) is 14.4 Å². The SMILES string of the molecule is C=CC(=O)Nc1c(-c2ccccc2)cc(N(CC)C2CCOCC2)c(C)c1C(=O)NCc1c(CC)cc(C)[nH]c1=O. The van der Waals surface area contributed by atoms with Crippen LogP contribution < -0.4 is 21.1 Å². The molecule has 1 aromatic heterocycles. The largest absolute Gasteiger partial charge is 0.381 e. The molecule has 2 amide bonds. The number of hydrogen-bond donors (Lipinski definition) is 3. The molecule has 2 heterocycles. The quantitative estimate of drug-likeness (QED) is 0.295. The number of hydrogen-bond acceptors (Lipinski definition) is 5. The molecule has 0 saturated carbocycles. The molecule has 1 aliphatic heterocycles. The second-order valence-corrected chi connectivity index (χ2v) is 10.3. The lowest BCUT2D eigenvalue weighted by Gasteiger charge is -2.37. The fraction of sp³-hybridized carbons (Fsp3) is 0.364. The maximum atomic E-state index is 14.1. The van der Waals surface area contributed by atoms with E-state index in [1.54, 1.807) is 0 Å². The van der Waals surface area contributed by atoms with Crippen LogP contribution in [0.25, 0.3) is 11.1 Å². The molecule has 3 N–H and O–H groups in total. The fourth-order valence-electron chi connectivity index (χ4n) is 5.67. The molecule has 2 aromatic carbocycles. The summed E-state index contributed by atoms with van der Waals surface area (Å²) in [7, 11) is 0. The van der Waals surface area contributed by atoms with E-state index >= 15 is 0 Å². The minimum absolute atomic E-state index is 0.0637. The standard InChI is InChI=1S/C33H40N4O4/c1-6-23-18-21(4)35-32(39)27(23)20-34-33(40)30-22(5)28(37(8-3)25-14-16-41-17-15-25)19-26(24-12-10-9-11-13-24)31(30)36-29(38)7-2/h7,9-13,18-19,25H,2,6,8,14-17,20H2,1,3-5H3,(H,34,40)(H,35,39)(H,36,38). The number of nitrogens with zero attached hydrogens (tertiary/aromatic N) is 1. The fourth-order valence-corrected chi connectivity index (χ4v) is 5.67. The average molecular weight is 557 g/mol. The Morgan fingerprint density at radius 1 is 1.12 bits per heavy atom. The highest BCUT2D eigenvalue weighted by Crippen LogP contribution is 2.40. The van der Waals surface area contributed by atoms with Crippen LogP contribution in [-0.2, 0) is 22.5 Å². The van der Waals surface area contributed by atoms with Gasteiger partial charge in [0.1, 0.15) is 0 Å². The number of anilines is 2. The number of carbonyl (C=O) groups excluding carboxylic acids is 2. The van der Waals surface area contributed by atoms with E-state index in [4.69, 9.17) is 4.74 Å². The van der Waals surface area contributed by atoms with Crippen molar-refractivity contribution in [3.63, 3.8) is 0 Å². The molecule has 8 heteroatoms. The van der Waals surface area contributed by atoms with Gasteiger partial charge in [0.15, 0.2) is 0 Å². The Kier molecular flexibility index (Phi) is 9.78. The molecule has 1 fully saturated rings. The molecule has 4 rings (SSSR count). The number of H-pyrrole nitrogens is 1. The van der Waals surface area contributed by atoms with Crippen molar-refractivity contribution in [2.45, 2.75) is 59.5 Å². The van der Waals surface area contributed by atoms with Gasteiger partial charge in [-0.2, -0.15) is 0 Å². The van der Waals surface area contributed by atoms with E-state index in [9.17, 15) is 14.4 Å². The van der Waals surface area contributed by atoms with Crippen LogP contribution in [0.5, 0.6) is 0 Å². The molecule has 0 bridgehead atoms. The van der Waals surface area contributed by atoms with Crippen molar-refractivity contribution in [2.24, 2.45) is 0 Å². The van der Waals surface area contributed by atoms with E-state index in [2.05, 4.69) is 40.1 Å². The van der Waals surface area contributed by atoms with Crippen LogP contribution in [0.2, 0.25) is 0 Å². The van der Waals surface area contributed by atoms with Crippen molar-refractivity contribution in [3.05, 3.63) is 93.4 Å². The number of aromatic amines is 1. The first-order valence-corrected chi connectivity index (χ1v) is 14.3. The molecule has 1 aliphatic rings. The molecular weight excluding hydrogens is 516 g/mol. The Balaban J connectivity index is 1.88. The van der Waals surface area contributed by atoms with Crippen LogP contribution in [0.15, 0.2) is 59.9 Å². The van der Waals surface area contributed by atoms with Crippen LogP contribution in [0.4, 0.5) is 11.4 Å². The minimum Gasteiger partial charge on any atom is -0.381 e. The summed E-state index contributed by atoms with van der Waals surface area (Å²) in [5.41, 5.74) is 6.05. The highest BCUT2D eigenvalue weighted by Gasteiger charge is 2.28. The Bertz CT molecular complexity index is 1470. The Labute approximate surface area is 241 Å². The van der Waals surface area contributed by atoms with Gasteiger partial charge in [0, 0.05) is 54.9 Å². The highest BCUT2D eigenvalue weighted by atomic mass is 16.5. The number of amides is 2. The van der Waals surface area contributed by atoms with Crippen molar-refractivity contribution in [1.29, 1.82) is 0 Å². The van der Waals surface area contributed by atoms with Gasteiger partial charge in [-0.05, 0) is 74.9 Å². The van der Waals surface area contributed by atoms with Gasteiger partial charge in [-0.1, -0.05) is 43.8 Å². The van der Waals surface area contributed by atoms with Gasteiger partial charge in [0.2, 0.25) is 5.91 Å². The summed E-state index contributed by atoms with van der Waals surface area (Å²) in [6.07, 6.45) is 3.64. The number of pyridine rings is 1. The van der Waals surface area contributed by atoms with E-state index < -0.39 is 5.91 Å². The summed E-state index contributed by atoms with van der Waals surface area (Å²) in [5, 5.41) is 5.92. The number of rotatable bonds is 10. The van der Waals surface area contributed by atoms with E-state index in [1.165, 1.54) is 6.08 Å². The van der Waals surface area contributed by atoms with E-state index in [-0.39, 0.29) is 24.1 Å². The number of aryl methyl sites for hydroxylation is 2. The van der Waals surface area contributed by atoms with Gasteiger partial charge in [-0.25, -0.2) is 0 Å². The average Bonchev–Trinajstić information content (AvgIpc) is 2.98. The zero-order valence-corrected chi connectivity index (χ0v) is 24.4. The minimum atomic E-state index is -0.414. The second kappa shape index (κ2) is 13.5. The molecule has 1 saturated heterocycles. The second-order valence-electron chi connectivity index (χ2n) is 10.3. The number of carbonyl (C=O) groups is 2. The smallest absolute Gasteiger partial charge is 0.254 e. The van der Waals surface area contributed by atoms with Crippen LogP contribution in [-0.4, -0.2) is 42.6 Å². The summed E-state index contributed by atoms with van der Waals surface area (Å²) < 4.78 is 5.62. The monoisotopic (exact) mass is 556 g/mol. The summed E-state index contributed by atoms with van der Waals surface area (Å²) in [4.78, 5) is 44.7. The van der Waals surface area contributed by atoms with Crippen molar-refractivity contribution >= 4 is 23.2 Å². The number of aromatic nitrogens is 1. The highest BCUT2D eigenvalue weighted by molar-refractivity contribution is 6.12. The van der Waals surface area contributed by atoms with Gasteiger partial charge in [-0.15, -0.1) is 0 Å². The van der Waals surface area contributed by atoms with Gasteiger partial charge >= 0.3 is 0 Å². The van der Waals surface area contributed by atoms with Crippen LogP contribution in [0.3, 0.4) is 0 Å². The van der Waals surface area contributed by atoms with Crippen molar-refractivity contribution in [3.8, 4) is 11.1 Å². The van der Waals surface area contributed by atoms with Crippen molar-refractivity contribution < 1.29 is 14.3 Å². The normalized spacial score (nSPS) is 13.5. The molecule has 0 spiro atoms. The maximum Gasteiger partial charge on any atom is 0.254 e. The van der Waals surface area contributed by atoms with Gasteiger partial charge in [0.05, 0.1) is 11.3 Å². The molecule has 0 aliphatic carbocycles. The maximum absolute atomic E-state index is 14.1. The van der Waals surface area contributed by atoms with E-state index in [0.717, 1.165) is 53.0 Å². The third-order valence-corrected chi connectivity index (χ3v) is 7.76. The number of nitrogens with one attached hydrogen (secondary N) is 3. The molecule has 8 nitrogen and oxygen atoms in total. The molecule has 0 unspecified atom stereocenters. The first-order chi connectivity index (χ1) is 19.8. The van der Waals surface area contributed by atoms with Gasteiger partial charge in [0.25, 0.3) is 11.5 Å². The summed E-state index contributed by atoms with van der Waals surface area (Å²) in [6.45, 7) is 13.7. The number of benzene rings is 2. The summed E-state index contributed by atoms with van der Waals surface area (Å²) in [6, 6.07) is 14.0. The lowest BCUT2D eigenvalue weighted by Crippen LogP contribution is -2.40. The summed E-state index contributed by atoms with van der Waals surface area (Å²) >= 11 is 0. The molecule has 0 radical (unpaired) electrons. The third kappa shape index (κ3) is 6.60. The molecular formula is C33H40N4O4. The zero-order valence-electron chi connectivity index (χ0n) is 24.4.